The second-order valence-electron chi connectivity index (χ2n) is 7.80. The van der Waals surface area contributed by atoms with Gasteiger partial charge >= 0.3 is 0 Å². The zero-order chi connectivity index (χ0) is 21.8. The first kappa shape index (κ1) is 20.6. The quantitative estimate of drug-likeness (QED) is 0.560. The lowest BCUT2D eigenvalue weighted by molar-refractivity contribution is -0.362. The molecule has 1 fully saturated rings. The third-order valence-corrected chi connectivity index (χ3v) is 6.90. The summed E-state index contributed by atoms with van der Waals surface area (Å²) in [5.41, 5.74) is 2.26. The van der Waals surface area contributed by atoms with Gasteiger partial charge in [-0.3, -0.25) is 0 Å². The van der Waals surface area contributed by atoms with Crippen molar-refractivity contribution in [2.75, 3.05) is 7.11 Å². The molecule has 2 aliphatic rings. The van der Waals surface area contributed by atoms with Crippen LogP contribution < -0.4 is 4.74 Å². The number of hydrogen-bond acceptors (Lipinski definition) is 9. The standard InChI is InChI=1S/C22H23NO7S/c1-11-19(24)20(25)21(26)22(30-11)14-6-12(16(27-2)7-13(14)10-29-22)8-18-23-9-17(31-18)15-4-3-5-28-15/h3-7,9,11,19-21,24-26H,8,10H2,1-2H3/t11-,19-,20+,21-,22+/m1/s1. The van der Waals surface area contributed by atoms with Crippen molar-refractivity contribution in [1.29, 1.82) is 0 Å². The van der Waals surface area contributed by atoms with E-state index in [-0.39, 0.29) is 6.61 Å². The first-order valence-electron chi connectivity index (χ1n) is 9.97. The van der Waals surface area contributed by atoms with Crippen LogP contribution in [0.3, 0.4) is 0 Å². The molecule has 2 aromatic heterocycles. The number of aliphatic hydroxyl groups is 3. The van der Waals surface area contributed by atoms with Crippen LogP contribution in [-0.4, -0.2) is 51.8 Å². The molecule has 9 heteroatoms. The number of nitrogens with zero attached hydrogens (tertiary/aromatic N) is 1. The first-order valence-corrected chi connectivity index (χ1v) is 10.8. The SMILES string of the molecule is COc1cc2c(cc1Cc1ncc(-c3ccco3)s1)[C@]1(OC2)O[C@H](C)[C@@H](O)[C@H](O)[C@H]1O. The van der Waals surface area contributed by atoms with Crippen LogP contribution in [0.1, 0.15) is 28.6 Å². The molecule has 4 heterocycles. The second-order valence-corrected chi connectivity index (χ2v) is 8.91. The van der Waals surface area contributed by atoms with Crippen LogP contribution in [0, 0.1) is 0 Å². The molecule has 3 N–H and O–H groups in total. The number of benzene rings is 1. The van der Waals surface area contributed by atoms with Gasteiger partial charge in [0.1, 0.15) is 29.8 Å². The monoisotopic (exact) mass is 445 g/mol. The van der Waals surface area contributed by atoms with Crippen LogP contribution >= 0.6 is 11.3 Å². The number of rotatable bonds is 4. The fourth-order valence-electron chi connectivity index (χ4n) is 4.24. The summed E-state index contributed by atoms with van der Waals surface area (Å²) in [6.45, 7) is 1.83. The molecule has 0 radical (unpaired) electrons. The Morgan fingerprint density at radius 1 is 1.26 bits per heavy atom. The Morgan fingerprint density at radius 2 is 2.10 bits per heavy atom. The molecule has 2 aliphatic heterocycles. The maximum absolute atomic E-state index is 10.8. The maximum atomic E-state index is 10.8. The van der Waals surface area contributed by atoms with Gasteiger partial charge in [0, 0.05) is 23.7 Å². The van der Waals surface area contributed by atoms with Gasteiger partial charge in [-0.25, -0.2) is 4.98 Å². The minimum atomic E-state index is -1.55. The highest BCUT2D eigenvalue weighted by molar-refractivity contribution is 7.15. The Bertz CT molecular complexity index is 1080. The molecular weight excluding hydrogens is 422 g/mol. The number of methoxy groups -OCH3 is 1. The average molecular weight is 445 g/mol. The van der Waals surface area contributed by atoms with Crippen LogP contribution in [0.4, 0.5) is 0 Å². The molecule has 0 unspecified atom stereocenters. The van der Waals surface area contributed by atoms with E-state index in [2.05, 4.69) is 4.98 Å². The summed E-state index contributed by atoms with van der Waals surface area (Å²) >= 11 is 1.52. The summed E-state index contributed by atoms with van der Waals surface area (Å²) < 4.78 is 22.9. The van der Waals surface area contributed by atoms with Gasteiger partial charge in [-0.05, 0) is 36.8 Å². The molecule has 1 saturated heterocycles. The lowest BCUT2D eigenvalue weighted by atomic mass is 9.86. The molecule has 1 aromatic carbocycles. The normalized spacial score (nSPS) is 30.0. The molecule has 8 nitrogen and oxygen atoms in total. The first-order chi connectivity index (χ1) is 14.9. The van der Waals surface area contributed by atoms with Crippen molar-refractivity contribution in [2.24, 2.45) is 0 Å². The zero-order valence-electron chi connectivity index (χ0n) is 17.0. The summed E-state index contributed by atoms with van der Waals surface area (Å²) in [5.74, 6) is -0.109. The number of furan rings is 1. The second kappa shape index (κ2) is 7.70. The highest BCUT2D eigenvalue weighted by Crippen LogP contribution is 2.47. The zero-order valence-corrected chi connectivity index (χ0v) is 17.8. The van der Waals surface area contributed by atoms with Crippen molar-refractivity contribution in [3.63, 3.8) is 0 Å². The van der Waals surface area contributed by atoms with Crippen LogP contribution in [0.5, 0.6) is 5.75 Å². The third kappa shape index (κ3) is 3.29. The van der Waals surface area contributed by atoms with E-state index in [1.54, 1.807) is 26.5 Å². The molecule has 3 aromatic rings. The van der Waals surface area contributed by atoms with Crippen molar-refractivity contribution >= 4 is 11.3 Å². The number of thiazole rings is 1. The van der Waals surface area contributed by atoms with Gasteiger partial charge < -0.3 is 33.9 Å². The Hall–Kier alpha value is -2.27. The van der Waals surface area contributed by atoms with Gasteiger partial charge in [0.2, 0.25) is 5.79 Å². The summed E-state index contributed by atoms with van der Waals surface area (Å²) in [4.78, 5) is 5.44. The highest BCUT2D eigenvalue weighted by atomic mass is 32.1. The van der Waals surface area contributed by atoms with E-state index in [1.165, 1.54) is 11.3 Å². The minimum absolute atomic E-state index is 0.193. The van der Waals surface area contributed by atoms with E-state index in [0.717, 1.165) is 26.8 Å². The molecule has 1 spiro atoms. The number of aliphatic hydroxyl groups excluding tert-OH is 3. The lowest BCUT2D eigenvalue weighted by Gasteiger charge is -2.45. The predicted octanol–water partition coefficient (Wildman–Crippen LogP) is 2.19. The van der Waals surface area contributed by atoms with Gasteiger partial charge in [-0.15, -0.1) is 11.3 Å². The molecule has 5 atom stereocenters. The topological polar surface area (TPSA) is 114 Å². The third-order valence-electron chi connectivity index (χ3n) is 5.89. The van der Waals surface area contributed by atoms with Gasteiger partial charge in [0.15, 0.2) is 0 Å². The summed E-state index contributed by atoms with van der Waals surface area (Å²) in [5, 5.41) is 32.1. The van der Waals surface area contributed by atoms with Gasteiger partial charge in [0.05, 0.1) is 36.0 Å². The van der Waals surface area contributed by atoms with Gasteiger partial charge in [-0.2, -0.15) is 0 Å². The largest absolute Gasteiger partial charge is 0.496 e. The fourth-order valence-corrected chi connectivity index (χ4v) is 5.15. The Balaban J connectivity index is 1.51. The number of ether oxygens (including phenoxy) is 3. The minimum Gasteiger partial charge on any atom is -0.496 e. The number of hydrogen-bond donors (Lipinski definition) is 3. The Labute approximate surface area is 182 Å². The molecule has 31 heavy (non-hydrogen) atoms. The number of aromatic nitrogens is 1. The van der Waals surface area contributed by atoms with E-state index in [0.29, 0.717) is 17.7 Å². The fraction of sp³-hybridized carbons (Fsp3) is 0.409. The van der Waals surface area contributed by atoms with Crippen molar-refractivity contribution in [2.45, 2.75) is 50.2 Å². The van der Waals surface area contributed by atoms with E-state index in [4.69, 9.17) is 18.6 Å². The lowest BCUT2D eigenvalue weighted by Crippen LogP contribution is -2.62. The summed E-state index contributed by atoms with van der Waals surface area (Å²) in [6, 6.07) is 7.45. The van der Waals surface area contributed by atoms with E-state index in [9.17, 15) is 15.3 Å². The van der Waals surface area contributed by atoms with Crippen molar-refractivity contribution < 1.29 is 33.9 Å². The molecule has 0 saturated carbocycles. The number of fused-ring (bicyclic) bond motifs is 2. The van der Waals surface area contributed by atoms with E-state index >= 15 is 0 Å². The molecule has 5 rings (SSSR count). The van der Waals surface area contributed by atoms with Crippen molar-refractivity contribution in [1.82, 2.24) is 4.98 Å². The molecule has 0 amide bonds. The van der Waals surface area contributed by atoms with Crippen LogP contribution in [0.25, 0.3) is 10.6 Å². The summed E-state index contributed by atoms with van der Waals surface area (Å²) in [6.07, 6.45) is -0.863. The maximum Gasteiger partial charge on any atom is 0.225 e. The predicted molar refractivity (Wildman–Crippen MR) is 111 cm³/mol. The van der Waals surface area contributed by atoms with Crippen LogP contribution in [-0.2, 0) is 28.3 Å². The molecular formula is C22H23NO7S. The molecule has 164 valence electrons. The summed E-state index contributed by atoms with van der Waals surface area (Å²) in [7, 11) is 1.60. The van der Waals surface area contributed by atoms with Crippen LogP contribution in [0.2, 0.25) is 0 Å². The Kier molecular flexibility index (Phi) is 5.12. The van der Waals surface area contributed by atoms with E-state index in [1.807, 2.05) is 24.3 Å². The van der Waals surface area contributed by atoms with Gasteiger partial charge in [0.25, 0.3) is 0 Å². The smallest absolute Gasteiger partial charge is 0.225 e. The molecule has 0 aliphatic carbocycles. The van der Waals surface area contributed by atoms with E-state index < -0.39 is 30.2 Å². The van der Waals surface area contributed by atoms with Crippen molar-refractivity contribution in [3.8, 4) is 16.4 Å². The van der Waals surface area contributed by atoms with Gasteiger partial charge in [-0.1, -0.05) is 0 Å². The average Bonchev–Trinajstić information content (AvgIpc) is 3.51. The highest BCUT2D eigenvalue weighted by Gasteiger charge is 2.57. The Morgan fingerprint density at radius 3 is 2.84 bits per heavy atom. The van der Waals surface area contributed by atoms with Crippen molar-refractivity contribution in [3.05, 3.63) is 58.4 Å². The van der Waals surface area contributed by atoms with Crippen LogP contribution in [0.15, 0.2) is 41.1 Å². The molecule has 0 bridgehead atoms.